The molecule has 7 nitrogen and oxygen atoms in total. The minimum Gasteiger partial charge on any atom is -0.449 e. The number of aromatic amines is 1. The van der Waals surface area contributed by atoms with Gasteiger partial charge in [0.25, 0.3) is 0 Å². The van der Waals surface area contributed by atoms with E-state index in [1.165, 1.54) is 0 Å². The van der Waals surface area contributed by atoms with Crippen molar-refractivity contribution in [3.8, 4) is 6.07 Å². The Labute approximate surface area is 172 Å². The van der Waals surface area contributed by atoms with Crippen LogP contribution in [0, 0.1) is 16.7 Å². The number of piperazine rings is 1. The largest absolute Gasteiger partial charge is 0.449 e. The van der Waals surface area contributed by atoms with Gasteiger partial charge in [-0.15, -0.1) is 0 Å². The number of hydrogen-bond donors (Lipinski definition) is 1. The summed E-state index contributed by atoms with van der Waals surface area (Å²) < 4.78 is 5.53. The van der Waals surface area contributed by atoms with Gasteiger partial charge in [-0.05, 0) is 23.1 Å². The second kappa shape index (κ2) is 9.10. The van der Waals surface area contributed by atoms with E-state index in [-0.39, 0.29) is 17.6 Å². The van der Waals surface area contributed by atoms with Crippen molar-refractivity contribution in [2.75, 3.05) is 26.2 Å². The average molecular weight is 396 g/mol. The van der Waals surface area contributed by atoms with Crippen LogP contribution in [0.15, 0.2) is 36.8 Å². The molecule has 7 heteroatoms. The Kier molecular flexibility index (Phi) is 6.55. The molecule has 1 aliphatic heterocycles. The number of carbonyl (C=O) groups excluding carboxylic acids is 1. The topological polar surface area (TPSA) is 85.2 Å². The monoisotopic (exact) mass is 395 g/mol. The van der Waals surface area contributed by atoms with Crippen LogP contribution >= 0.6 is 0 Å². The first-order valence-electron chi connectivity index (χ1n) is 9.96. The van der Waals surface area contributed by atoms with Crippen LogP contribution in [0.5, 0.6) is 0 Å². The third-order valence-electron chi connectivity index (χ3n) is 4.97. The molecule has 1 atom stereocenters. The molecular formula is C22H29N5O2. The van der Waals surface area contributed by atoms with Gasteiger partial charge < -0.3 is 14.6 Å². The van der Waals surface area contributed by atoms with Crippen LogP contribution in [-0.4, -0.2) is 58.1 Å². The lowest BCUT2D eigenvalue weighted by Crippen LogP contribution is -2.55. The number of hydrogen-bond acceptors (Lipinski definition) is 5. The first-order chi connectivity index (χ1) is 13.8. The van der Waals surface area contributed by atoms with E-state index in [2.05, 4.69) is 41.7 Å². The quantitative estimate of drug-likeness (QED) is 0.840. The molecule has 1 saturated heterocycles. The van der Waals surface area contributed by atoms with Gasteiger partial charge in [-0.2, -0.15) is 5.26 Å². The van der Waals surface area contributed by atoms with E-state index in [0.717, 1.165) is 30.8 Å². The van der Waals surface area contributed by atoms with Crippen LogP contribution in [0.25, 0.3) is 0 Å². The number of benzene rings is 1. The zero-order chi connectivity index (χ0) is 20.9. The smallest absolute Gasteiger partial charge is 0.409 e. The van der Waals surface area contributed by atoms with Crippen molar-refractivity contribution in [2.24, 2.45) is 5.41 Å². The van der Waals surface area contributed by atoms with Gasteiger partial charge >= 0.3 is 6.09 Å². The normalized spacial score (nSPS) is 17.7. The number of carbonyl (C=O) groups is 1. The number of aromatic nitrogens is 2. The SMILES string of the molecule is CC(C)(C)COC(=O)N1CCN(Cc2ccc(C#N)cc2)C(Cc2cnc[nH]2)C1. The molecule has 1 unspecified atom stereocenters. The Morgan fingerprint density at radius 2 is 2.07 bits per heavy atom. The highest BCUT2D eigenvalue weighted by molar-refractivity contribution is 5.67. The highest BCUT2D eigenvalue weighted by Gasteiger charge is 2.31. The van der Waals surface area contributed by atoms with Crippen molar-refractivity contribution in [1.29, 1.82) is 5.26 Å². The second-order valence-corrected chi connectivity index (χ2v) is 8.78. The molecule has 1 aromatic heterocycles. The highest BCUT2D eigenvalue weighted by Crippen LogP contribution is 2.20. The molecule has 1 N–H and O–H groups in total. The predicted molar refractivity (Wildman–Crippen MR) is 110 cm³/mol. The van der Waals surface area contributed by atoms with E-state index in [9.17, 15) is 4.79 Å². The first-order valence-corrected chi connectivity index (χ1v) is 9.96. The summed E-state index contributed by atoms with van der Waals surface area (Å²) in [5.41, 5.74) is 2.81. The Morgan fingerprint density at radius 1 is 1.31 bits per heavy atom. The number of ether oxygens (including phenoxy) is 1. The summed E-state index contributed by atoms with van der Waals surface area (Å²) in [6, 6.07) is 9.99. The van der Waals surface area contributed by atoms with Crippen molar-refractivity contribution in [1.82, 2.24) is 19.8 Å². The van der Waals surface area contributed by atoms with Crippen molar-refractivity contribution in [2.45, 2.75) is 39.8 Å². The second-order valence-electron chi connectivity index (χ2n) is 8.78. The van der Waals surface area contributed by atoms with E-state index in [1.807, 2.05) is 35.4 Å². The summed E-state index contributed by atoms with van der Waals surface area (Å²) in [5, 5.41) is 8.99. The lowest BCUT2D eigenvalue weighted by molar-refractivity contribution is 0.0334. The molecule has 2 aromatic rings. The average Bonchev–Trinajstić information content (AvgIpc) is 3.20. The molecular weight excluding hydrogens is 366 g/mol. The van der Waals surface area contributed by atoms with Crippen LogP contribution in [0.4, 0.5) is 4.79 Å². The predicted octanol–water partition coefficient (Wildman–Crippen LogP) is 3.19. The Hall–Kier alpha value is -2.85. The number of nitrogens with zero attached hydrogens (tertiary/aromatic N) is 4. The number of H-pyrrole nitrogens is 1. The maximum absolute atomic E-state index is 12.6. The fourth-order valence-corrected chi connectivity index (χ4v) is 3.40. The Balaban J connectivity index is 1.67. The number of amides is 1. The summed E-state index contributed by atoms with van der Waals surface area (Å²) in [4.78, 5) is 24.0. The van der Waals surface area contributed by atoms with E-state index in [4.69, 9.17) is 10.00 Å². The molecule has 1 amide bonds. The molecule has 2 heterocycles. The van der Waals surface area contributed by atoms with Crippen molar-refractivity contribution < 1.29 is 9.53 Å². The van der Waals surface area contributed by atoms with Crippen LogP contribution < -0.4 is 0 Å². The van der Waals surface area contributed by atoms with Gasteiger partial charge in [-0.25, -0.2) is 9.78 Å². The molecule has 0 radical (unpaired) electrons. The molecule has 3 rings (SSSR count). The minimum absolute atomic E-state index is 0.0532. The molecule has 1 aliphatic rings. The Bertz CT molecular complexity index is 834. The van der Waals surface area contributed by atoms with Gasteiger partial charge in [0.05, 0.1) is 24.6 Å². The lowest BCUT2D eigenvalue weighted by Gasteiger charge is -2.41. The zero-order valence-electron chi connectivity index (χ0n) is 17.4. The van der Waals surface area contributed by atoms with Crippen LogP contribution in [0.2, 0.25) is 0 Å². The zero-order valence-corrected chi connectivity index (χ0v) is 17.4. The lowest BCUT2D eigenvalue weighted by atomic mass is 9.99. The molecule has 1 aromatic carbocycles. The van der Waals surface area contributed by atoms with Crippen LogP contribution in [-0.2, 0) is 17.7 Å². The van der Waals surface area contributed by atoms with Gasteiger partial charge in [0.1, 0.15) is 0 Å². The van der Waals surface area contributed by atoms with E-state index >= 15 is 0 Å². The molecule has 0 bridgehead atoms. The molecule has 0 aliphatic carbocycles. The third kappa shape index (κ3) is 6.06. The van der Waals surface area contributed by atoms with Crippen molar-refractivity contribution in [3.05, 3.63) is 53.6 Å². The van der Waals surface area contributed by atoms with Gasteiger partial charge in [-0.3, -0.25) is 4.90 Å². The van der Waals surface area contributed by atoms with E-state index in [1.54, 1.807) is 6.33 Å². The number of nitrogens with one attached hydrogen (secondary N) is 1. The number of rotatable bonds is 5. The van der Waals surface area contributed by atoms with Crippen LogP contribution in [0.1, 0.15) is 37.6 Å². The van der Waals surface area contributed by atoms with Gasteiger partial charge in [-0.1, -0.05) is 32.9 Å². The summed E-state index contributed by atoms with van der Waals surface area (Å²) in [7, 11) is 0. The highest BCUT2D eigenvalue weighted by atomic mass is 16.6. The van der Waals surface area contributed by atoms with Gasteiger partial charge in [0.15, 0.2) is 0 Å². The van der Waals surface area contributed by atoms with Crippen molar-refractivity contribution >= 4 is 6.09 Å². The molecule has 0 spiro atoms. The molecule has 29 heavy (non-hydrogen) atoms. The fourth-order valence-electron chi connectivity index (χ4n) is 3.40. The maximum atomic E-state index is 12.6. The van der Waals surface area contributed by atoms with Crippen LogP contribution in [0.3, 0.4) is 0 Å². The van der Waals surface area contributed by atoms with Crippen molar-refractivity contribution in [3.63, 3.8) is 0 Å². The molecule has 1 fully saturated rings. The summed E-state index contributed by atoms with van der Waals surface area (Å²) in [6.45, 7) is 9.35. The van der Waals surface area contributed by atoms with Gasteiger partial charge in [0.2, 0.25) is 0 Å². The minimum atomic E-state index is -0.243. The van der Waals surface area contributed by atoms with Gasteiger partial charge in [0, 0.05) is 50.5 Å². The van der Waals surface area contributed by atoms with E-state index < -0.39 is 0 Å². The number of imidazole rings is 1. The standard InChI is InChI=1S/C22H29N5O2/c1-22(2,3)15-29-21(28)27-9-8-26(13-18-6-4-17(11-23)5-7-18)20(14-27)10-19-12-24-16-25-19/h4-7,12,16,20H,8-10,13-15H2,1-3H3,(H,24,25). The van der Waals surface area contributed by atoms with E-state index in [0.29, 0.717) is 25.3 Å². The third-order valence-corrected chi connectivity index (χ3v) is 4.97. The summed E-state index contributed by atoms with van der Waals surface area (Å²) in [5.74, 6) is 0. The fraction of sp³-hybridized carbons (Fsp3) is 0.500. The molecule has 0 saturated carbocycles. The maximum Gasteiger partial charge on any atom is 0.409 e. The summed E-state index contributed by atoms with van der Waals surface area (Å²) >= 11 is 0. The first kappa shape index (κ1) is 20.9. The molecule has 154 valence electrons. The Morgan fingerprint density at radius 3 is 2.69 bits per heavy atom. The number of nitriles is 1. The summed E-state index contributed by atoms with van der Waals surface area (Å²) in [6.07, 6.45) is 4.04.